The molecule has 2 amide bonds. The molecule has 1 N–H and O–H groups in total. The molecule has 1 fully saturated rings. The molecule has 2 aromatic rings. The van der Waals surface area contributed by atoms with Gasteiger partial charge in [-0.3, -0.25) is 19.4 Å². The van der Waals surface area contributed by atoms with Crippen LogP contribution in [-0.2, 0) is 14.3 Å². The second kappa shape index (κ2) is 9.51. The first-order chi connectivity index (χ1) is 15.1. The van der Waals surface area contributed by atoms with Crippen LogP contribution in [0.2, 0.25) is 5.02 Å². The van der Waals surface area contributed by atoms with Crippen LogP contribution in [0.25, 0.3) is 5.57 Å². The number of halogens is 1. The molecule has 2 aromatic carbocycles. The number of carbonyl (C=O) groups is 2. The molecule has 162 valence electrons. The van der Waals surface area contributed by atoms with Crippen molar-refractivity contribution in [2.75, 3.05) is 51.8 Å². The van der Waals surface area contributed by atoms with Gasteiger partial charge >= 0.3 is 0 Å². The summed E-state index contributed by atoms with van der Waals surface area (Å²) in [6, 6.07) is 14.2. The smallest absolute Gasteiger partial charge is 0.278 e. The van der Waals surface area contributed by atoms with Gasteiger partial charge in [-0.05, 0) is 29.8 Å². The first-order valence-electron chi connectivity index (χ1n) is 10.1. The predicted octanol–water partition coefficient (Wildman–Crippen LogP) is 2.87. The SMILES string of the molecule is COc1cccc(NC2=C(c3ccc(Cl)cc3)C(=O)N(CCN3CCOCC3)C2=O)c1. The largest absolute Gasteiger partial charge is 0.497 e. The van der Waals surface area contributed by atoms with Crippen molar-refractivity contribution in [3.63, 3.8) is 0 Å². The molecule has 0 atom stereocenters. The number of morpholine rings is 1. The van der Waals surface area contributed by atoms with E-state index in [0.29, 0.717) is 53.9 Å². The van der Waals surface area contributed by atoms with E-state index >= 15 is 0 Å². The molecule has 2 heterocycles. The summed E-state index contributed by atoms with van der Waals surface area (Å²) in [5.41, 5.74) is 1.90. The Kier molecular flexibility index (Phi) is 6.56. The maximum atomic E-state index is 13.3. The van der Waals surface area contributed by atoms with E-state index in [1.54, 1.807) is 37.4 Å². The van der Waals surface area contributed by atoms with Gasteiger partial charge in [-0.2, -0.15) is 0 Å². The van der Waals surface area contributed by atoms with Crippen molar-refractivity contribution in [1.82, 2.24) is 9.80 Å². The zero-order chi connectivity index (χ0) is 21.8. The van der Waals surface area contributed by atoms with Gasteiger partial charge < -0.3 is 14.8 Å². The van der Waals surface area contributed by atoms with E-state index in [1.165, 1.54) is 4.90 Å². The van der Waals surface area contributed by atoms with Gasteiger partial charge in [-0.25, -0.2) is 0 Å². The van der Waals surface area contributed by atoms with Crippen LogP contribution in [0.15, 0.2) is 54.2 Å². The third-order valence-corrected chi connectivity index (χ3v) is 5.64. The number of nitrogens with one attached hydrogen (secondary N) is 1. The zero-order valence-electron chi connectivity index (χ0n) is 17.3. The van der Waals surface area contributed by atoms with Crippen molar-refractivity contribution in [2.45, 2.75) is 0 Å². The number of rotatable bonds is 7. The number of methoxy groups -OCH3 is 1. The van der Waals surface area contributed by atoms with Gasteiger partial charge in [-0.15, -0.1) is 0 Å². The molecule has 0 aliphatic carbocycles. The van der Waals surface area contributed by atoms with Crippen LogP contribution in [-0.4, -0.2) is 68.1 Å². The minimum Gasteiger partial charge on any atom is -0.497 e. The number of anilines is 1. The van der Waals surface area contributed by atoms with E-state index in [1.807, 2.05) is 18.2 Å². The van der Waals surface area contributed by atoms with Gasteiger partial charge in [-0.1, -0.05) is 29.8 Å². The van der Waals surface area contributed by atoms with Crippen molar-refractivity contribution in [2.24, 2.45) is 0 Å². The molecule has 7 nitrogen and oxygen atoms in total. The Labute approximate surface area is 186 Å². The van der Waals surface area contributed by atoms with Crippen LogP contribution in [0.5, 0.6) is 5.75 Å². The molecule has 0 saturated carbocycles. The quantitative estimate of drug-likeness (QED) is 0.666. The molecule has 2 aliphatic heterocycles. The third kappa shape index (κ3) is 4.74. The third-order valence-electron chi connectivity index (χ3n) is 5.38. The number of nitrogens with zero attached hydrogens (tertiary/aromatic N) is 2. The van der Waals surface area contributed by atoms with Crippen LogP contribution in [0.1, 0.15) is 5.56 Å². The monoisotopic (exact) mass is 441 g/mol. The molecule has 8 heteroatoms. The first-order valence-corrected chi connectivity index (χ1v) is 10.5. The summed E-state index contributed by atoms with van der Waals surface area (Å²) in [4.78, 5) is 30.1. The number of imide groups is 1. The predicted molar refractivity (Wildman–Crippen MR) is 119 cm³/mol. The van der Waals surface area contributed by atoms with Gasteiger partial charge in [0.25, 0.3) is 11.8 Å². The van der Waals surface area contributed by atoms with Gasteiger partial charge in [0.2, 0.25) is 0 Å². The number of benzene rings is 2. The molecular weight excluding hydrogens is 418 g/mol. The van der Waals surface area contributed by atoms with Crippen molar-refractivity contribution in [3.8, 4) is 5.75 Å². The van der Waals surface area contributed by atoms with E-state index in [9.17, 15) is 9.59 Å². The van der Waals surface area contributed by atoms with Gasteiger partial charge in [0.1, 0.15) is 11.4 Å². The van der Waals surface area contributed by atoms with Crippen LogP contribution in [0, 0.1) is 0 Å². The Balaban J connectivity index is 1.62. The van der Waals surface area contributed by atoms with E-state index in [2.05, 4.69) is 10.2 Å². The Morgan fingerprint density at radius 2 is 1.77 bits per heavy atom. The van der Waals surface area contributed by atoms with Gasteiger partial charge in [0.05, 0.1) is 25.9 Å². The second-order valence-electron chi connectivity index (χ2n) is 7.33. The Morgan fingerprint density at radius 3 is 2.48 bits per heavy atom. The lowest BCUT2D eigenvalue weighted by Crippen LogP contribution is -2.43. The van der Waals surface area contributed by atoms with E-state index in [0.717, 1.165) is 13.1 Å². The molecule has 0 bridgehead atoms. The summed E-state index contributed by atoms with van der Waals surface area (Å²) >= 11 is 6.02. The van der Waals surface area contributed by atoms with Crippen LogP contribution >= 0.6 is 11.6 Å². The average Bonchev–Trinajstić information content (AvgIpc) is 3.03. The molecule has 0 radical (unpaired) electrons. The molecule has 4 rings (SSSR count). The van der Waals surface area contributed by atoms with Crippen LogP contribution in [0.4, 0.5) is 5.69 Å². The second-order valence-corrected chi connectivity index (χ2v) is 7.77. The summed E-state index contributed by atoms with van der Waals surface area (Å²) < 4.78 is 10.6. The summed E-state index contributed by atoms with van der Waals surface area (Å²) in [5.74, 6) is -0.00315. The highest BCUT2D eigenvalue weighted by Gasteiger charge is 2.39. The van der Waals surface area contributed by atoms with Crippen molar-refractivity contribution in [3.05, 3.63) is 64.8 Å². The molecule has 0 aromatic heterocycles. The summed E-state index contributed by atoms with van der Waals surface area (Å²) in [6.07, 6.45) is 0. The molecule has 1 saturated heterocycles. The zero-order valence-corrected chi connectivity index (χ0v) is 18.0. The summed E-state index contributed by atoms with van der Waals surface area (Å²) in [5, 5.41) is 3.71. The minimum absolute atomic E-state index is 0.252. The average molecular weight is 442 g/mol. The molecule has 0 unspecified atom stereocenters. The summed E-state index contributed by atoms with van der Waals surface area (Å²) in [7, 11) is 1.58. The number of ether oxygens (including phenoxy) is 2. The van der Waals surface area contributed by atoms with Crippen molar-refractivity contribution < 1.29 is 19.1 Å². The molecule has 2 aliphatic rings. The van der Waals surface area contributed by atoms with Crippen molar-refractivity contribution in [1.29, 1.82) is 0 Å². The van der Waals surface area contributed by atoms with E-state index in [-0.39, 0.29) is 17.5 Å². The topological polar surface area (TPSA) is 71.1 Å². The Morgan fingerprint density at radius 1 is 1.03 bits per heavy atom. The summed E-state index contributed by atoms with van der Waals surface area (Å²) in [6.45, 7) is 3.85. The van der Waals surface area contributed by atoms with Gasteiger partial charge in [0, 0.05) is 43.0 Å². The number of amides is 2. The van der Waals surface area contributed by atoms with Crippen LogP contribution < -0.4 is 10.1 Å². The highest BCUT2D eigenvalue weighted by molar-refractivity contribution is 6.36. The standard InChI is InChI=1S/C23H24ClN3O4/c1-30-19-4-2-3-18(15-19)25-21-20(16-5-7-17(24)8-6-16)22(28)27(23(21)29)10-9-26-11-13-31-14-12-26/h2-8,15,25H,9-14H2,1H3. The van der Waals surface area contributed by atoms with Crippen LogP contribution in [0.3, 0.4) is 0 Å². The van der Waals surface area contributed by atoms with E-state index < -0.39 is 0 Å². The number of carbonyl (C=O) groups excluding carboxylic acids is 2. The Bertz CT molecular complexity index is 1000. The fraction of sp³-hybridized carbons (Fsp3) is 0.304. The van der Waals surface area contributed by atoms with E-state index in [4.69, 9.17) is 21.1 Å². The normalized spacial score (nSPS) is 17.4. The highest BCUT2D eigenvalue weighted by atomic mass is 35.5. The fourth-order valence-corrected chi connectivity index (χ4v) is 3.82. The fourth-order valence-electron chi connectivity index (χ4n) is 3.69. The maximum absolute atomic E-state index is 13.3. The molecule has 0 spiro atoms. The lowest BCUT2D eigenvalue weighted by Gasteiger charge is -2.28. The lowest BCUT2D eigenvalue weighted by molar-refractivity contribution is -0.137. The Hall–Kier alpha value is -2.87. The highest BCUT2D eigenvalue weighted by Crippen LogP contribution is 2.31. The lowest BCUT2D eigenvalue weighted by atomic mass is 10.0. The molecular formula is C23H24ClN3O4. The van der Waals surface area contributed by atoms with Gasteiger partial charge in [0.15, 0.2) is 0 Å². The van der Waals surface area contributed by atoms with Crippen molar-refractivity contribution >= 4 is 34.7 Å². The molecule has 31 heavy (non-hydrogen) atoms. The number of hydrogen-bond acceptors (Lipinski definition) is 6. The minimum atomic E-state index is -0.342. The first kappa shape index (κ1) is 21.4. The number of hydrogen-bond donors (Lipinski definition) is 1. The maximum Gasteiger partial charge on any atom is 0.278 e.